The summed E-state index contributed by atoms with van der Waals surface area (Å²) in [6.45, 7) is 15.2. The number of amides is 1. The number of rotatable bonds is 18. The van der Waals surface area contributed by atoms with Crippen LogP contribution in [0.25, 0.3) is 10.4 Å². The molecule has 0 aliphatic carbocycles. The average Bonchev–Trinajstić information content (AvgIpc) is 3.58. The molecule has 0 fully saturated rings. The van der Waals surface area contributed by atoms with Gasteiger partial charge in [-0.3, -0.25) is 19.2 Å². The molecule has 3 aromatic rings. The van der Waals surface area contributed by atoms with Gasteiger partial charge in [-0.1, -0.05) is 97.9 Å². The maximum atomic E-state index is 15.0. The van der Waals surface area contributed by atoms with Crippen LogP contribution >= 0.6 is 11.3 Å². The molecule has 0 radical (unpaired) electrons. The fourth-order valence-corrected chi connectivity index (χ4v) is 7.37. The summed E-state index contributed by atoms with van der Waals surface area (Å²) in [6.07, 6.45) is 1.74. The third-order valence-electron chi connectivity index (χ3n) is 9.90. The van der Waals surface area contributed by atoms with E-state index in [1.165, 1.54) is 13.2 Å². The quantitative estimate of drug-likeness (QED) is 0.127. The number of halogens is 1. The molecule has 1 heterocycles. The smallest absolute Gasteiger partial charge is 0.306 e. The zero-order valence-corrected chi connectivity index (χ0v) is 33.1. The highest BCUT2D eigenvalue weighted by Gasteiger charge is 2.38. The highest BCUT2D eigenvalue weighted by atomic mass is 32.1. The Bertz CT molecular complexity index is 1660. The van der Waals surface area contributed by atoms with E-state index in [1.54, 1.807) is 36.5 Å². The van der Waals surface area contributed by atoms with Crippen LogP contribution in [0.3, 0.4) is 0 Å². The van der Waals surface area contributed by atoms with Crippen molar-refractivity contribution < 1.29 is 33.4 Å². The number of ketones is 2. The SMILES string of the molecule is CCC(=O)[C@@H](CC(=O)[C@H](Cc1ccccc1F)C[C@H](O)[C@H](Cc1ccc(-c2cnc(CC)s2)cc1)NC(=O)[C@@H](CC(=O)OC)C(C)(C)C)C(C)(C)C. The van der Waals surface area contributed by atoms with Crippen molar-refractivity contribution in [3.05, 3.63) is 76.7 Å². The van der Waals surface area contributed by atoms with Crippen LogP contribution in [0.1, 0.15) is 97.2 Å². The predicted molar refractivity (Wildman–Crippen MR) is 204 cm³/mol. The molecular formula is C42H57FN2O6S. The third kappa shape index (κ3) is 12.2. The minimum Gasteiger partial charge on any atom is -0.469 e. The monoisotopic (exact) mass is 736 g/mol. The Labute approximate surface area is 313 Å². The fourth-order valence-electron chi connectivity index (χ4n) is 6.51. The van der Waals surface area contributed by atoms with Crippen LogP contribution in [0.15, 0.2) is 54.7 Å². The number of aromatic nitrogens is 1. The summed E-state index contributed by atoms with van der Waals surface area (Å²) in [5.41, 5.74) is 1.08. The van der Waals surface area contributed by atoms with E-state index in [0.717, 1.165) is 27.4 Å². The first-order chi connectivity index (χ1) is 24.4. The predicted octanol–water partition coefficient (Wildman–Crippen LogP) is 7.97. The van der Waals surface area contributed by atoms with Gasteiger partial charge in [0.15, 0.2) is 0 Å². The van der Waals surface area contributed by atoms with Gasteiger partial charge in [0.1, 0.15) is 17.4 Å². The molecule has 0 spiro atoms. The van der Waals surface area contributed by atoms with Crippen molar-refractivity contribution in [2.24, 2.45) is 28.6 Å². The number of carbonyl (C=O) groups excluding carboxylic acids is 4. The number of benzene rings is 2. The topological polar surface area (TPSA) is 123 Å². The number of carbonyl (C=O) groups is 4. The van der Waals surface area contributed by atoms with Crippen LogP contribution in [0.5, 0.6) is 0 Å². The minimum atomic E-state index is -1.23. The number of ether oxygens (including phenoxy) is 1. The zero-order chi connectivity index (χ0) is 38.8. The van der Waals surface area contributed by atoms with Crippen LogP contribution in [0.2, 0.25) is 0 Å². The van der Waals surface area contributed by atoms with E-state index in [0.29, 0.717) is 5.56 Å². The summed E-state index contributed by atoms with van der Waals surface area (Å²) < 4.78 is 19.9. The molecule has 0 bridgehead atoms. The van der Waals surface area contributed by atoms with Gasteiger partial charge in [0.05, 0.1) is 41.5 Å². The molecule has 0 saturated heterocycles. The van der Waals surface area contributed by atoms with Crippen molar-refractivity contribution in [1.82, 2.24) is 10.3 Å². The molecule has 284 valence electrons. The largest absolute Gasteiger partial charge is 0.469 e. The Hall–Kier alpha value is -3.76. The standard InChI is InChI=1S/C42H57FN2O6S/c1-10-34(46)30(41(3,4)5)23-35(47)29(21-28-14-12-13-15-32(28)43)22-36(48)33(45-40(50)31(42(6,7)8)24-39(49)51-9)20-26-16-18-27(19-17-26)37-25-44-38(11-2)52-37/h12-19,25,29-31,33,36,48H,10-11,20-24H2,1-9H3,(H,45,50)/t29-,30-,31-,33+,36+/m1/s1. The molecule has 2 aromatic carbocycles. The van der Waals surface area contributed by atoms with E-state index in [1.807, 2.05) is 72.0 Å². The molecule has 1 amide bonds. The number of aryl methyl sites for hydroxylation is 1. The summed E-state index contributed by atoms with van der Waals surface area (Å²) in [5.74, 6) is -3.82. The van der Waals surface area contributed by atoms with Crippen molar-refractivity contribution in [3.8, 4) is 10.4 Å². The number of nitrogens with zero attached hydrogens (tertiary/aromatic N) is 1. The van der Waals surface area contributed by atoms with Crippen LogP contribution < -0.4 is 5.32 Å². The number of aliphatic hydroxyl groups excluding tert-OH is 1. The molecule has 0 unspecified atom stereocenters. The van der Waals surface area contributed by atoms with Crippen molar-refractivity contribution >= 4 is 34.8 Å². The molecule has 3 rings (SSSR count). The van der Waals surface area contributed by atoms with E-state index in [9.17, 15) is 28.7 Å². The summed E-state index contributed by atoms with van der Waals surface area (Å²) in [6, 6.07) is 13.2. The normalized spacial score (nSPS) is 14.9. The van der Waals surface area contributed by atoms with Crippen molar-refractivity contribution in [2.75, 3.05) is 7.11 Å². The highest BCUT2D eigenvalue weighted by Crippen LogP contribution is 2.34. The van der Waals surface area contributed by atoms with Gasteiger partial charge in [-0.05, 0) is 59.3 Å². The third-order valence-corrected chi connectivity index (χ3v) is 11.1. The van der Waals surface area contributed by atoms with Crippen molar-refractivity contribution in [2.45, 2.75) is 112 Å². The van der Waals surface area contributed by atoms with E-state index < -0.39 is 58.4 Å². The molecule has 0 aliphatic rings. The van der Waals surface area contributed by atoms with Gasteiger partial charge in [0.25, 0.3) is 0 Å². The number of hydrogen-bond acceptors (Lipinski definition) is 8. The lowest BCUT2D eigenvalue weighted by molar-refractivity contribution is -0.146. The minimum absolute atomic E-state index is 0.0245. The van der Waals surface area contributed by atoms with Gasteiger partial charge in [-0.25, -0.2) is 9.37 Å². The molecule has 1 aromatic heterocycles. The van der Waals surface area contributed by atoms with Gasteiger partial charge >= 0.3 is 5.97 Å². The Morgan fingerprint density at radius 1 is 0.885 bits per heavy atom. The molecule has 10 heteroatoms. The van der Waals surface area contributed by atoms with Crippen LogP contribution in [-0.4, -0.2) is 52.8 Å². The summed E-state index contributed by atoms with van der Waals surface area (Å²) in [7, 11) is 1.27. The van der Waals surface area contributed by atoms with Gasteiger partial charge in [0, 0.05) is 30.9 Å². The number of esters is 1. The summed E-state index contributed by atoms with van der Waals surface area (Å²) in [5, 5.41) is 16.1. The van der Waals surface area contributed by atoms with E-state index in [2.05, 4.69) is 17.2 Å². The number of methoxy groups -OCH3 is 1. The first-order valence-corrected chi connectivity index (χ1v) is 19.1. The second-order valence-corrected chi connectivity index (χ2v) is 17.0. The summed E-state index contributed by atoms with van der Waals surface area (Å²) in [4.78, 5) is 58.9. The second-order valence-electron chi connectivity index (χ2n) is 15.9. The molecule has 8 nitrogen and oxygen atoms in total. The number of hydrogen-bond donors (Lipinski definition) is 2. The van der Waals surface area contributed by atoms with E-state index in [-0.39, 0.29) is 50.1 Å². The van der Waals surface area contributed by atoms with Gasteiger partial charge in [0.2, 0.25) is 5.91 Å². The maximum Gasteiger partial charge on any atom is 0.306 e. The summed E-state index contributed by atoms with van der Waals surface area (Å²) >= 11 is 1.63. The Morgan fingerprint density at radius 2 is 1.52 bits per heavy atom. The maximum absolute atomic E-state index is 15.0. The Balaban J connectivity index is 2.00. The lowest BCUT2D eigenvalue weighted by Gasteiger charge is -2.33. The van der Waals surface area contributed by atoms with Crippen molar-refractivity contribution in [1.29, 1.82) is 0 Å². The Morgan fingerprint density at radius 3 is 2.06 bits per heavy atom. The lowest BCUT2D eigenvalue weighted by atomic mass is 9.72. The molecule has 0 aliphatic heterocycles. The second kappa shape index (κ2) is 18.8. The van der Waals surface area contributed by atoms with Crippen LogP contribution in [0, 0.1) is 34.4 Å². The number of thiazole rings is 1. The molecule has 0 saturated carbocycles. The van der Waals surface area contributed by atoms with E-state index in [4.69, 9.17) is 4.74 Å². The molecule has 5 atom stereocenters. The highest BCUT2D eigenvalue weighted by molar-refractivity contribution is 7.15. The van der Waals surface area contributed by atoms with Gasteiger partial charge in [-0.2, -0.15) is 0 Å². The van der Waals surface area contributed by atoms with Crippen LogP contribution in [0.4, 0.5) is 4.39 Å². The van der Waals surface area contributed by atoms with Crippen LogP contribution in [-0.2, 0) is 43.2 Å². The van der Waals surface area contributed by atoms with Gasteiger partial charge < -0.3 is 15.2 Å². The number of nitrogens with one attached hydrogen (secondary N) is 1. The molecule has 2 N–H and O–H groups in total. The first-order valence-electron chi connectivity index (χ1n) is 18.3. The lowest BCUT2D eigenvalue weighted by Crippen LogP contribution is -2.50. The fraction of sp³-hybridized carbons (Fsp3) is 0.548. The molecular weight excluding hydrogens is 680 g/mol. The first kappa shape index (κ1) is 42.7. The zero-order valence-electron chi connectivity index (χ0n) is 32.3. The number of Topliss-reactive ketones (excluding diaryl/α,β-unsaturated/α-hetero) is 2. The molecule has 52 heavy (non-hydrogen) atoms. The van der Waals surface area contributed by atoms with E-state index >= 15 is 0 Å². The Kier molecular flexibility index (Phi) is 15.4. The average molecular weight is 737 g/mol. The van der Waals surface area contributed by atoms with Gasteiger partial charge in [-0.15, -0.1) is 11.3 Å². The number of aliphatic hydroxyl groups is 1. The van der Waals surface area contributed by atoms with Crippen molar-refractivity contribution in [3.63, 3.8) is 0 Å².